The van der Waals surface area contributed by atoms with E-state index in [-0.39, 0.29) is 5.76 Å². The number of aldehydes is 1. The Kier molecular flexibility index (Phi) is 3.71. The van der Waals surface area contributed by atoms with Crippen molar-refractivity contribution in [2.45, 2.75) is 0 Å². The Morgan fingerprint density at radius 1 is 1.05 bits per heavy atom. The SMILES string of the molecule is N#Cc1cccc(Oc2ccccc2-c2ccc(C=O)o2)c1. The average molecular weight is 289 g/mol. The molecular formula is C18H11NO3. The average Bonchev–Trinajstić information content (AvgIpc) is 3.04. The van der Waals surface area contributed by atoms with Crippen molar-refractivity contribution >= 4 is 6.29 Å². The van der Waals surface area contributed by atoms with E-state index in [4.69, 9.17) is 14.4 Å². The quantitative estimate of drug-likeness (QED) is 0.667. The molecule has 106 valence electrons. The Morgan fingerprint density at radius 3 is 2.68 bits per heavy atom. The summed E-state index contributed by atoms with van der Waals surface area (Å²) >= 11 is 0. The Labute approximate surface area is 127 Å². The molecule has 0 amide bonds. The van der Waals surface area contributed by atoms with Gasteiger partial charge in [-0.3, -0.25) is 4.79 Å². The molecule has 0 fully saturated rings. The van der Waals surface area contributed by atoms with Gasteiger partial charge in [0.25, 0.3) is 0 Å². The van der Waals surface area contributed by atoms with Crippen molar-refractivity contribution in [1.29, 1.82) is 5.26 Å². The highest BCUT2D eigenvalue weighted by atomic mass is 16.5. The first-order chi connectivity index (χ1) is 10.8. The predicted octanol–water partition coefficient (Wildman–Crippen LogP) is 4.42. The maximum atomic E-state index is 10.7. The fourth-order valence-electron chi connectivity index (χ4n) is 2.08. The van der Waals surface area contributed by atoms with Crippen LogP contribution in [0.4, 0.5) is 0 Å². The Hall–Kier alpha value is -3.32. The summed E-state index contributed by atoms with van der Waals surface area (Å²) in [7, 11) is 0. The minimum atomic E-state index is 0.260. The van der Waals surface area contributed by atoms with Crippen molar-refractivity contribution in [3.05, 3.63) is 72.0 Å². The number of nitriles is 1. The molecule has 0 aliphatic rings. The lowest BCUT2D eigenvalue weighted by molar-refractivity contribution is 0.110. The number of rotatable bonds is 4. The van der Waals surface area contributed by atoms with E-state index in [1.54, 1.807) is 42.5 Å². The summed E-state index contributed by atoms with van der Waals surface area (Å²) in [5.41, 5.74) is 1.26. The van der Waals surface area contributed by atoms with Crippen molar-refractivity contribution in [3.63, 3.8) is 0 Å². The maximum Gasteiger partial charge on any atom is 0.185 e. The monoisotopic (exact) mass is 289 g/mol. The van der Waals surface area contributed by atoms with E-state index in [2.05, 4.69) is 6.07 Å². The number of carbonyl (C=O) groups is 1. The first-order valence-electron chi connectivity index (χ1n) is 6.62. The standard InChI is InChI=1S/C18H11NO3/c19-11-13-4-3-5-14(10-13)21-17-7-2-1-6-16(17)18-9-8-15(12-20)22-18/h1-10,12H. The first-order valence-corrected chi connectivity index (χ1v) is 6.62. The van der Waals surface area contributed by atoms with Gasteiger partial charge in [0.2, 0.25) is 0 Å². The van der Waals surface area contributed by atoms with Gasteiger partial charge >= 0.3 is 0 Å². The van der Waals surface area contributed by atoms with Crippen LogP contribution in [-0.2, 0) is 0 Å². The maximum absolute atomic E-state index is 10.7. The van der Waals surface area contributed by atoms with E-state index < -0.39 is 0 Å². The molecule has 1 aromatic heterocycles. The van der Waals surface area contributed by atoms with E-state index in [1.807, 2.05) is 18.2 Å². The van der Waals surface area contributed by atoms with E-state index in [0.717, 1.165) is 5.56 Å². The highest BCUT2D eigenvalue weighted by Gasteiger charge is 2.11. The molecule has 0 aliphatic heterocycles. The van der Waals surface area contributed by atoms with E-state index in [9.17, 15) is 4.79 Å². The number of furan rings is 1. The second-order valence-electron chi connectivity index (χ2n) is 4.56. The van der Waals surface area contributed by atoms with Gasteiger partial charge in [-0.25, -0.2) is 0 Å². The molecule has 0 saturated heterocycles. The molecule has 3 rings (SSSR count). The van der Waals surface area contributed by atoms with Gasteiger partial charge in [0.15, 0.2) is 12.0 Å². The van der Waals surface area contributed by atoms with Crippen molar-refractivity contribution in [2.75, 3.05) is 0 Å². The molecule has 0 saturated carbocycles. The fraction of sp³-hybridized carbons (Fsp3) is 0. The lowest BCUT2D eigenvalue weighted by Crippen LogP contribution is -1.88. The number of ether oxygens (including phenoxy) is 1. The van der Waals surface area contributed by atoms with Gasteiger partial charge in [0, 0.05) is 0 Å². The van der Waals surface area contributed by atoms with Crippen LogP contribution in [0.3, 0.4) is 0 Å². The molecule has 2 aromatic carbocycles. The molecule has 0 spiro atoms. The van der Waals surface area contributed by atoms with Crippen LogP contribution in [0, 0.1) is 11.3 Å². The zero-order valence-electron chi connectivity index (χ0n) is 11.5. The molecule has 0 N–H and O–H groups in total. The van der Waals surface area contributed by atoms with Crippen LogP contribution in [0.2, 0.25) is 0 Å². The summed E-state index contributed by atoms with van der Waals surface area (Å²) in [6, 6.07) is 19.7. The van der Waals surface area contributed by atoms with Crippen LogP contribution < -0.4 is 4.74 Å². The number of hydrogen-bond donors (Lipinski definition) is 0. The molecule has 0 atom stereocenters. The largest absolute Gasteiger partial charge is 0.457 e. The molecular weight excluding hydrogens is 278 g/mol. The smallest absolute Gasteiger partial charge is 0.185 e. The Bertz CT molecular complexity index is 859. The number of para-hydroxylation sites is 1. The zero-order valence-corrected chi connectivity index (χ0v) is 11.5. The van der Waals surface area contributed by atoms with Crippen molar-refractivity contribution in [2.24, 2.45) is 0 Å². The third-order valence-corrected chi connectivity index (χ3v) is 3.09. The Balaban J connectivity index is 1.97. The van der Waals surface area contributed by atoms with Gasteiger partial charge in [-0.15, -0.1) is 0 Å². The lowest BCUT2D eigenvalue weighted by Gasteiger charge is -2.09. The summed E-state index contributed by atoms with van der Waals surface area (Å²) in [6.07, 6.45) is 0.656. The van der Waals surface area contributed by atoms with Gasteiger partial charge < -0.3 is 9.15 Å². The lowest BCUT2D eigenvalue weighted by atomic mass is 10.1. The van der Waals surface area contributed by atoms with Crippen LogP contribution in [-0.4, -0.2) is 6.29 Å². The number of benzene rings is 2. The van der Waals surface area contributed by atoms with Gasteiger partial charge in [0.1, 0.15) is 17.3 Å². The zero-order chi connectivity index (χ0) is 15.4. The minimum Gasteiger partial charge on any atom is -0.457 e. The second kappa shape index (κ2) is 5.98. The summed E-state index contributed by atoms with van der Waals surface area (Å²) in [5.74, 6) is 1.96. The molecule has 22 heavy (non-hydrogen) atoms. The van der Waals surface area contributed by atoms with E-state index in [0.29, 0.717) is 29.1 Å². The third-order valence-electron chi connectivity index (χ3n) is 3.09. The van der Waals surface area contributed by atoms with Crippen LogP contribution in [0.25, 0.3) is 11.3 Å². The number of nitrogens with zero attached hydrogens (tertiary/aromatic N) is 1. The number of carbonyl (C=O) groups excluding carboxylic acids is 1. The van der Waals surface area contributed by atoms with Gasteiger partial charge in [0.05, 0.1) is 17.2 Å². The molecule has 4 nitrogen and oxygen atoms in total. The summed E-state index contributed by atoms with van der Waals surface area (Å²) in [6.45, 7) is 0. The predicted molar refractivity (Wildman–Crippen MR) is 80.8 cm³/mol. The fourth-order valence-corrected chi connectivity index (χ4v) is 2.08. The highest BCUT2D eigenvalue weighted by molar-refractivity contribution is 5.74. The molecule has 4 heteroatoms. The third kappa shape index (κ3) is 2.74. The number of hydrogen-bond acceptors (Lipinski definition) is 4. The van der Waals surface area contributed by atoms with Gasteiger partial charge in [-0.1, -0.05) is 18.2 Å². The van der Waals surface area contributed by atoms with Crippen molar-refractivity contribution in [1.82, 2.24) is 0 Å². The first kappa shape index (κ1) is 13.7. The van der Waals surface area contributed by atoms with Crippen LogP contribution >= 0.6 is 0 Å². The van der Waals surface area contributed by atoms with E-state index in [1.165, 1.54) is 0 Å². The topological polar surface area (TPSA) is 63.2 Å². The van der Waals surface area contributed by atoms with Crippen molar-refractivity contribution < 1.29 is 13.9 Å². The van der Waals surface area contributed by atoms with Gasteiger partial charge in [-0.05, 0) is 42.5 Å². The molecule has 3 aromatic rings. The highest BCUT2D eigenvalue weighted by Crippen LogP contribution is 2.34. The van der Waals surface area contributed by atoms with Crippen LogP contribution in [0.1, 0.15) is 16.1 Å². The summed E-state index contributed by atoms with van der Waals surface area (Å²) in [5, 5.41) is 8.94. The van der Waals surface area contributed by atoms with Crippen LogP contribution in [0.5, 0.6) is 11.5 Å². The Morgan fingerprint density at radius 2 is 1.91 bits per heavy atom. The normalized spacial score (nSPS) is 9.95. The van der Waals surface area contributed by atoms with E-state index >= 15 is 0 Å². The molecule has 0 radical (unpaired) electrons. The molecule has 0 bridgehead atoms. The minimum absolute atomic E-state index is 0.260. The van der Waals surface area contributed by atoms with Crippen molar-refractivity contribution in [3.8, 4) is 28.9 Å². The molecule has 1 heterocycles. The summed E-state index contributed by atoms with van der Waals surface area (Å²) < 4.78 is 11.3. The summed E-state index contributed by atoms with van der Waals surface area (Å²) in [4.78, 5) is 10.7. The van der Waals surface area contributed by atoms with Gasteiger partial charge in [-0.2, -0.15) is 5.26 Å². The molecule has 0 unspecified atom stereocenters. The van der Waals surface area contributed by atoms with Crippen LogP contribution in [0.15, 0.2) is 65.1 Å². The second-order valence-corrected chi connectivity index (χ2v) is 4.56. The molecule has 0 aliphatic carbocycles.